The highest BCUT2D eigenvalue weighted by atomic mass is 28.4. The molecule has 0 amide bonds. The van der Waals surface area contributed by atoms with Crippen LogP contribution in [0.5, 0.6) is 0 Å². The van der Waals surface area contributed by atoms with Crippen LogP contribution < -0.4 is 0 Å². The largest absolute Gasteiger partial charge is 0.397 e. The van der Waals surface area contributed by atoms with E-state index in [0.29, 0.717) is 0 Å². The van der Waals surface area contributed by atoms with Crippen molar-refractivity contribution < 1.29 is 8.85 Å². The normalized spacial score (nSPS) is 21.3. The summed E-state index contributed by atoms with van der Waals surface area (Å²) in [6.07, 6.45) is 3.48. The van der Waals surface area contributed by atoms with Crippen molar-refractivity contribution in [3.63, 3.8) is 0 Å². The number of rotatable bonds is 10. The Labute approximate surface area is 136 Å². The number of nitrogens with zero attached hydrogens (tertiary/aromatic N) is 1. The van der Waals surface area contributed by atoms with Crippen LogP contribution in [0, 0.1) is 0 Å². The molecule has 1 rings (SSSR count). The van der Waals surface area contributed by atoms with Crippen LogP contribution in [-0.4, -0.2) is 49.7 Å². The lowest BCUT2D eigenvalue weighted by atomic mass is 10.5. The molecule has 0 aromatic carbocycles. The Morgan fingerprint density at radius 1 is 0.905 bits per heavy atom. The van der Waals surface area contributed by atoms with Gasteiger partial charge in [0, 0.05) is 13.2 Å². The zero-order valence-electron chi connectivity index (χ0n) is 15.2. The van der Waals surface area contributed by atoms with Gasteiger partial charge in [0.1, 0.15) is 16.5 Å². The number of hydrogen-bond donors (Lipinski definition) is 0. The maximum absolute atomic E-state index is 5.98. The fraction of sp³-hybridized carbons (Fsp3) is 1.00. The van der Waals surface area contributed by atoms with Gasteiger partial charge in [-0.3, -0.25) is 0 Å². The maximum Gasteiger partial charge on any atom is 0.321 e. The molecule has 1 saturated heterocycles. The molecule has 126 valence electrons. The molecule has 3 nitrogen and oxygen atoms in total. The molecular weight excluding hydrogens is 310 g/mol. The standard InChI is InChI=1S/C15H37NO2Si3/c1-7-11-17-19(18-12-8-2)13-9-10-16-20(3,4)14-15-21(16,5)6/h19H,7-15H2,1-6H3. The van der Waals surface area contributed by atoms with Gasteiger partial charge in [-0.05, 0) is 43.9 Å². The quantitative estimate of drug-likeness (QED) is 0.553. The van der Waals surface area contributed by atoms with Crippen LogP contribution in [0.1, 0.15) is 33.1 Å². The molecule has 21 heavy (non-hydrogen) atoms. The Kier molecular flexibility index (Phi) is 8.37. The molecule has 1 aliphatic heterocycles. The lowest BCUT2D eigenvalue weighted by Gasteiger charge is -2.39. The first-order valence-electron chi connectivity index (χ1n) is 8.84. The highest BCUT2D eigenvalue weighted by Gasteiger charge is 2.46. The fourth-order valence-electron chi connectivity index (χ4n) is 3.44. The van der Waals surface area contributed by atoms with Crippen LogP contribution >= 0.6 is 0 Å². The second-order valence-corrected chi connectivity index (χ2v) is 19.5. The van der Waals surface area contributed by atoms with E-state index in [2.05, 4.69) is 44.3 Å². The van der Waals surface area contributed by atoms with Crippen molar-refractivity contribution in [3.8, 4) is 0 Å². The van der Waals surface area contributed by atoms with Gasteiger partial charge in [-0.15, -0.1) is 0 Å². The average molecular weight is 348 g/mol. The minimum absolute atomic E-state index is 0.880. The van der Waals surface area contributed by atoms with Gasteiger partial charge in [0.2, 0.25) is 0 Å². The van der Waals surface area contributed by atoms with Crippen molar-refractivity contribution in [2.75, 3.05) is 19.8 Å². The van der Waals surface area contributed by atoms with Gasteiger partial charge in [-0.1, -0.05) is 40.0 Å². The van der Waals surface area contributed by atoms with E-state index in [1.165, 1.54) is 31.1 Å². The second kappa shape index (κ2) is 8.98. The summed E-state index contributed by atoms with van der Waals surface area (Å²) in [5, 5.41) is 0. The van der Waals surface area contributed by atoms with Gasteiger partial charge in [-0.2, -0.15) is 0 Å². The van der Waals surface area contributed by atoms with Gasteiger partial charge in [0.25, 0.3) is 0 Å². The first-order chi connectivity index (χ1) is 9.83. The van der Waals surface area contributed by atoms with Crippen LogP contribution in [0.4, 0.5) is 0 Å². The zero-order chi connectivity index (χ0) is 15.9. The van der Waals surface area contributed by atoms with Gasteiger partial charge in [0.05, 0.1) is 0 Å². The van der Waals surface area contributed by atoms with Crippen LogP contribution in [0.25, 0.3) is 0 Å². The molecule has 0 radical (unpaired) electrons. The molecule has 0 bridgehead atoms. The van der Waals surface area contributed by atoms with Crippen molar-refractivity contribution in [1.29, 1.82) is 0 Å². The molecule has 0 N–H and O–H groups in total. The summed E-state index contributed by atoms with van der Waals surface area (Å²) in [6.45, 7) is 17.7. The van der Waals surface area contributed by atoms with Crippen molar-refractivity contribution in [1.82, 2.24) is 4.23 Å². The fourth-order valence-corrected chi connectivity index (χ4v) is 19.6. The summed E-state index contributed by atoms with van der Waals surface area (Å²) < 4.78 is 14.9. The molecule has 0 saturated carbocycles. The molecule has 1 fully saturated rings. The van der Waals surface area contributed by atoms with Gasteiger partial charge in [-0.25, -0.2) is 0 Å². The average Bonchev–Trinajstić information content (AvgIpc) is 2.63. The smallest absolute Gasteiger partial charge is 0.321 e. The van der Waals surface area contributed by atoms with E-state index in [1.54, 1.807) is 0 Å². The SMILES string of the molecule is CCCO[SiH](CCCN1[Si](C)(C)CC[Si]1(C)C)OCCC. The van der Waals surface area contributed by atoms with Crippen LogP contribution in [0.3, 0.4) is 0 Å². The van der Waals surface area contributed by atoms with Crippen molar-refractivity contribution in [2.24, 2.45) is 0 Å². The monoisotopic (exact) mass is 347 g/mol. The molecule has 0 unspecified atom stereocenters. The zero-order valence-corrected chi connectivity index (χ0v) is 18.4. The highest BCUT2D eigenvalue weighted by molar-refractivity contribution is 6.95. The predicted molar refractivity (Wildman–Crippen MR) is 100 cm³/mol. The third-order valence-electron chi connectivity index (χ3n) is 4.65. The lowest BCUT2D eigenvalue weighted by molar-refractivity contribution is 0.195. The van der Waals surface area contributed by atoms with E-state index >= 15 is 0 Å². The Morgan fingerprint density at radius 2 is 1.38 bits per heavy atom. The summed E-state index contributed by atoms with van der Waals surface area (Å²) in [5.74, 6) is 0. The first-order valence-corrected chi connectivity index (χ1v) is 16.9. The summed E-state index contributed by atoms with van der Waals surface area (Å²) in [7, 11) is -3.61. The van der Waals surface area contributed by atoms with Crippen molar-refractivity contribution in [3.05, 3.63) is 0 Å². The minimum atomic E-state index is -1.41. The summed E-state index contributed by atoms with van der Waals surface area (Å²) >= 11 is 0. The molecule has 1 aliphatic rings. The van der Waals surface area contributed by atoms with E-state index in [9.17, 15) is 0 Å². The van der Waals surface area contributed by atoms with E-state index in [1.807, 2.05) is 0 Å². The third kappa shape index (κ3) is 6.27. The van der Waals surface area contributed by atoms with Crippen LogP contribution in [0.15, 0.2) is 0 Å². The second-order valence-electron chi connectivity index (χ2n) is 7.59. The maximum atomic E-state index is 5.98. The van der Waals surface area contributed by atoms with E-state index < -0.39 is 25.8 Å². The molecule has 0 aromatic rings. The Hall–Kier alpha value is 0.531. The first kappa shape index (κ1) is 19.6. The number of hydrogen-bond acceptors (Lipinski definition) is 3. The van der Waals surface area contributed by atoms with Gasteiger partial charge in [0.15, 0.2) is 0 Å². The predicted octanol–water partition coefficient (Wildman–Crippen LogP) is 4.18. The highest BCUT2D eigenvalue weighted by Crippen LogP contribution is 2.36. The minimum Gasteiger partial charge on any atom is -0.397 e. The molecule has 1 heterocycles. The van der Waals surface area contributed by atoms with Crippen LogP contribution in [-0.2, 0) is 8.85 Å². The Morgan fingerprint density at radius 3 is 1.81 bits per heavy atom. The lowest BCUT2D eigenvalue weighted by Crippen LogP contribution is -2.55. The summed E-state index contributed by atoms with van der Waals surface area (Å²) in [4.78, 5) is 0. The Bertz CT molecular complexity index is 277. The van der Waals surface area contributed by atoms with E-state index in [0.717, 1.165) is 26.1 Å². The van der Waals surface area contributed by atoms with Gasteiger partial charge < -0.3 is 13.1 Å². The molecule has 0 atom stereocenters. The molecular formula is C15H37NO2Si3. The molecule has 0 spiro atoms. The molecule has 6 heteroatoms. The van der Waals surface area contributed by atoms with E-state index in [4.69, 9.17) is 8.85 Å². The van der Waals surface area contributed by atoms with Crippen LogP contribution in [0.2, 0.25) is 44.3 Å². The van der Waals surface area contributed by atoms with Gasteiger partial charge >= 0.3 is 9.28 Å². The van der Waals surface area contributed by atoms with Crippen molar-refractivity contribution >= 4 is 25.8 Å². The molecule has 0 aliphatic carbocycles. The van der Waals surface area contributed by atoms with E-state index in [-0.39, 0.29) is 0 Å². The third-order valence-corrected chi connectivity index (χ3v) is 17.2. The Balaban J connectivity index is 2.41. The summed E-state index contributed by atoms with van der Waals surface area (Å²) in [5.41, 5.74) is 0. The molecule has 0 aromatic heterocycles. The summed E-state index contributed by atoms with van der Waals surface area (Å²) in [6, 6.07) is 4.20. The van der Waals surface area contributed by atoms with Crippen molar-refractivity contribution in [2.45, 2.75) is 77.4 Å². The topological polar surface area (TPSA) is 21.7 Å².